The van der Waals surface area contributed by atoms with Crippen molar-refractivity contribution < 1.29 is 4.79 Å². The average molecular weight is 329 g/mol. The van der Waals surface area contributed by atoms with E-state index in [4.69, 9.17) is 23.2 Å². The fourth-order valence-electron chi connectivity index (χ4n) is 2.73. The van der Waals surface area contributed by atoms with Gasteiger partial charge in [0.05, 0.1) is 0 Å². The molecule has 1 saturated heterocycles. The van der Waals surface area contributed by atoms with Gasteiger partial charge in [0.1, 0.15) is 0 Å². The van der Waals surface area contributed by atoms with Crippen LogP contribution < -0.4 is 10.6 Å². The summed E-state index contributed by atoms with van der Waals surface area (Å²) < 4.78 is 0. The number of benzene rings is 1. The topological polar surface area (TPSA) is 41.1 Å². The number of carbonyl (C=O) groups is 1. The summed E-state index contributed by atoms with van der Waals surface area (Å²) in [7, 11) is 0. The standard InChI is InChI=1S/C16H22Cl2N2O/c1-11-9-13(6-8-19-11)16(21)20-7-2-3-12-4-5-14(17)10-15(12)18/h4-5,10-11,13,19H,2-3,6-9H2,1H3,(H,20,21)/t11-,13-/m0/s1. The fraction of sp³-hybridized carbons (Fsp3) is 0.562. The van der Waals surface area contributed by atoms with E-state index in [1.165, 1.54) is 0 Å². The molecular weight excluding hydrogens is 307 g/mol. The molecule has 0 aliphatic carbocycles. The van der Waals surface area contributed by atoms with Gasteiger partial charge in [0, 0.05) is 28.5 Å². The molecule has 21 heavy (non-hydrogen) atoms. The SMILES string of the molecule is C[C@H]1C[C@@H](C(=O)NCCCc2ccc(Cl)cc2Cl)CCN1. The second-order valence-electron chi connectivity index (χ2n) is 5.71. The van der Waals surface area contributed by atoms with Crippen molar-refractivity contribution in [2.24, 2.45) is 5.92 Å². The highest BCUT2D eigenvalue weighted by molar-refractivity contribution is 6.35. The first kappa shape index (κ1) is 16.6. The van der Waals surface area contributed by atoms with Crippen LogP contribution in [0.3, 0.4) is 0 Å². The number of amides is 1. The molecule has 1 aromatic carbocycles. The molecule has 1 aliphatic heterocycles. The number of hydrogen-bond acceptors (Lipinski definition) is 2. The fourth-order valence-corrected chi connectivity index (χ4v) is 3.23. The van der Waals surface area contributed by atoms with Gasteiger partial charge < -0.3 is 10.6 Å². The molecule has 0 saturated carbocycles. The number of piperidine rings is 1. The Morgan fingerprint density at radius 1 is 1.43 bits per heavy atom. The molecule has 0 aromatic heterocycles. The summed E-state index contributed by atoms with van der Waals surface area (Å²) in [6.07, 6.45) is 3.58. The quantitative estimate of drug-likeness (QED) is 0.813. The number of aryl methyl sites for hydroxylation is 1. The molecule has 2 N–H and O–H groups in total. The van der Waals surface area contributed by atoms with Gasteiger partial charge in [-0.2, -0.15) is 0 Å². The highest BCUT2D eigenvalue weighted by Gasteiger charge is 2.24. The van der Waals surface area contributed by atoms with Crippen molar-refractivity contribution in [1.82, 2.24) is 10.6 Å². The minimum atomic E-state index is 0.153. The second-order valence-corrected chi connectivity index (χ2v) is 6.55. The van der Waals surface area contributed by atoms with Crippen LogP contribution in [0.4, 0.5) is 0 Å². The summed E-state index contributed by atoms with van der Waals surface area (Å²) >= 11 is 12.0. The maximum Gasteiger partial charge on any atom is 0.223 e. The third kappa shape index (κ3) is 5.17. The lowest BCUT2D eigenvalue weighted by atomic mass is 9.92. The monoisotopic (exact) mass is 328 g/mol. The Labute approximate surface area is 136 Å². The third-order valence-electron chi connectivity index (χ3n) is 3.93. The van der Waals surface area contributed by atoms with Crippen molar-refractivity contribution in [3.05, 3.63) is 33.8 Å². The number of carbonyl (C=O) groups excluding carboxylic acids is 1. The Hall–Kier alpha value is -0.770. The zero-order valence-electron chi connectivity index (χ0n) is 12.3. The number of nitrogens with one attached hydrogen (secondary N) is 2. The zero-order chi connectivity index (χ0) is 15.2. The molecule has 0 bridgehead atoms. The summed E-state index contributed by atoms with van der Waals surface area (Å²) in [4.78, 5) is 12.1. The average Bonchev–Trinajstić information content (AvgIpc) is 2.45. The largest absolute Gasteiger partial charge is 0.356 e. The van der Waals surface area contributed by atoms with Crippen molar-refractivity contribution in [3.63, 3.8) is 0 Å². The molecule has 5 heteroatoms. The molecule has 1 aromatic rings. The normalized spacial score (nSPS) is 22.0. The summed E-state index contributed by atoms with van der Waals surface area (Å²) in [5.74, 6) is 0.339. The van der Waals surface area contributed by atoms with E-state index < -0.39 is 0 Å². The molecule has 1 aliphatic rings. The maximum absolute atomic E-state index is 12.1. The number of halogens is 2. The van der Waals surface area contributed by atoms with Gasteiger partial charge in [-0.1, -0.05) is 29.3 Å². The molecule has 1 heterocycles. The van der Waals surface area contributed by atoms with Gasteiger partial charge in [0.15, 0.2) is 0 Å². The predicted molar refractivity (Wildman–Crippen MR) is 88.0 cm³/mol. The molecule has 116 valence electrons. The Morgan fingerprint density at radius 2 is 2.24 bits per heavy atom. The van der Waals surface area contributed by atoms with Crippen LogP contribution in [0, 0.1) is 5.92 Å². The first-order chi connectivity index (χ1) is 10.1. The van der Waals surface area contributed by atoms with Crippen molar-refractivity contribution >= 4 is 29.1 Å². The minimum Gasteiger partial charge on any atom is -0.356 e. The van der Waals surface area contributed by atoms with E-state index in [1.807, 2.05) is 12.1 Å². The lowest BCUT2D eigenvalue weighted by molar-refractivity contribution is -0.126. The molecule has 2 rings (SSSR count). The molecule has 1 amide bonds. The van der Waals surface area contributed by atoms with Gasteiger partial charge in [-0.25, -0.2) is 0 Å². The van der Waals surface area contributed by atoms with Gasteiger partial charge in [-0.3, -0.25) is 4.79 Å². The van der Waals surface area contributed by atoms with E-state index in [1.54, 1.807) is 6.07 Å². The van der Waals surface area contributed by atoms with Crippen molar-refractivity contribution in [2.45, 2.75) is 38.6 Å². The van der Waals surface area contributed by atoms with Crippen molar-refractivity contribution in [3.8, 4) is 0 Å². The van der Waals surface area contributed by atoms with Crippen LogP contribution in [0.15, 0.2) is 18.2 Å². The van der Waals surface area contributed by atoms with E-state index in [2.05, 4.69) is 17.6 Å². The van der Waals surface area contributed by atoms with E-state index in [0.29, 0.717) is 22.6 Å². The summed E-state index contributed by atoms with van der Waals surface area (Å²) in [5.41, 5.74) is 1.07. The molecule has 0 radical (unpaired) electrons. The van der Waals surface area contributed by atoms with Crippen LogP contribution in [-0.2, 0) is 11.2 Å². The third-order valence-corrected chi connectivity index (χ3v) is 4.52. The molecular formula is C16H22Cl2N2O. The Bertz CT molecular complexity index is 493. The first-order valence-electron chi connectivity index (χ1n) is 7.51. The Morgan fingerprint density at radius 3 is 2.95 bits per heavy atom. The highest BCUT2D eigenvalue weighted by atomic mass is 35.5. The van der Waals surface area contributed by atoms with Gasteiger partial charge in [0.2, 0.25) is 5.91 Å². The summed E-state index contributed by atoms with van der Waals surface area (Å²) in [6, 6.07) is 5.98. The number of hydrogen-bond donors (Lipinski definition) is 2. The number of rotatable bonds is 5. The minimum absolute atomic E-state index is 0.153. The molecule has 2 atom stereocenters. The van der Waals surface area contributed by atoms with E-state index in [0.717, 1.165) is 37.8 Å². The Kier molecular flexibility index (Phi) is 6.34. The smallest absolute Gasteiger partial charge is 0.223 e. The van der Waals surface area contributed by atoms with Gasteiger partial charge >= 0.3 is 0 Å². The van der Waals surface area contributed by atoms with Gasteiger partial charge in [-0.05, 0) is 56.8 Å². The second kappa shape index (κ2) is 8.02. The van der Waals surface area contributed by atoms with Gasteiger partial charge in [0.25, 0.3) is 0 Å². The maximum atomic E-state index is 12.1. The van der Waals surface area contributed by atoms with E-state index in [-0.39, 0.29) is 11.8 Å². The molecule has 3 nitrogen and oxygen atoms in total. The van der Waals surface area contributed by atoms with Crippen molar-refractivity contribution in [1.29, 1.82) is 0 Å². The molecule has 0 unspecified atom stereocenters. The lowest BCUT2D eigenvalue weighted by Gasteiger charge is -2.27. The van der Waals surface area contributed by atoms with Crippen LogP contribution in [0.1, 0.15) is 31.7 Å². The van der Waals surface area contributed by atoms with E-state index in [9.17, 15) is 4.79 Å². The zero-order valence-corrected chi connectivity index (χ0v) is 13.8. The molecule has 1 fully saturated rings. The predicted octanol–water partition coefficient (Wildman–Crippen LogP) is 3.43. The Balaban J connectivity index is 1.70. The van der Waals surface area contributed by atoms with Crippen LogP contribution in [0.25, 0.3) is 0 Å². The van der Waals surface area contributed by atoms with E-state index >= 15 is 0 Å². The summed E-state index contributed by atoms with van der Waals surface area (Å²) in [6.45, 7) is 3.75. The van der Waals surface area contributed by atoms with Crippen LogP contribution in [0.5, 0.6) is 0 Å². The molecule has 0 spiro atoms. The van der Waals surface area contributed by atoms with Crippen LogP contribution >= 0.6 is 23.2 Å². The lowest BCUT2D eigenvalue weighted by Crippen LogP contribution is -2.42. The summed E-state index contributed by atoms with van der Waals surface area (Å²) in [5, 5.41) is 7.74. The van der Waals surface area contributed by atoms with Crippen molar-refractivity contribution in [2.75, 3.05) is 13.1 Å². The van der Waals surface area contributed by atoms with Crippen LogP contribution in [-0.4, -0.2) is 25.0 Å². The van der Waals surface area contributed by atoms with Crippen LogP contribution in [0.2, 0.25) is 10.0 Å². The highest BCUT2D eigenvalue weighted by Crippen LogP contribution is 2.22. The first-order valence-corrected chi connectivity index (χ1v) is 8.27. The van der Waals surface area contributed by atoms with Gasteiger partial charge in [-0.15, -0.1) is 0 Å².